The Labute approximate surface area is 132 Å². The molecule has 22 heavy (non-hydrogen) atoms. The Morgan fingerprint density at radius 3 is 2.68 bits per heavy atom. The summed E-state index contributed by atoms with van der Waals surface area (Å²) in [5.41, 5.74) is 2.87. The van der Waals surface area contributed by atoms with Crippen LogP contribution in [0.5, 0.6) is 5.75 Å². The van der Waals surface area contributed by atoms with Gasteiger partial charge in [0.2, 0.25) is 0 Å². The van der Waals surface area contributed by atoms with Gasteiger partial charge in [-0.2, -0.15) is 0 Å². The second-order valence-electron chi connectivity index (χ2n) is 5.44. The van der Waals surface area contributed by atoms with E-state index in [1.807, 2.05) is 32.0 Å². The first-order valence-electron chi connectivity index (χ1n) is 8.17. The number of fused-ring (bicyclic) bond motifs is 1. The maximum absolute atomic E-state index is 12.5. The lowest BCUT2D eigenvalue weighted by molar-refractivity contribution is 0.0944. The van der Waals surface area contributed by atoms with Gasteiger partial charge < -0.3 is 14.6 Å². The third-order valence-corrected chi connectivity index (χ3v) is 3.95. The van der Waals surface area contributed by atoms with Gasteiger partial charge in [0, 0.05) is 24.0 Å². The van der Waals surface area contributed by atoms with E-state index in [9.17, 15) is 4.79 Å². The minimum absolute atomic E-state index is 0.0157. The highest BCUT2D eigenvalue weighted by Crippen LogP contribution is 2.29. The lowest BCUT2D eigenvalue weighted by Gasteiger charge is -2.09. The zero-order valence-electron chi connectivity index (χ0n) is 14.0. The van der Waals surface area contributed by atoms with E-state index in [2.05, 4.69) is 23.7 Å². The normalized spacial score (nSPS) is 10.9. The van der Waals surface area contributed by atoms with Crippen LogP contribution in [-0.4, -0.2) is 23.6 Å². The van der Waals surface area contributed by atoms with E-state index in [4.69, 9.17) is 4.74 Å². The molecule has 0 aliphatic carbocycles. The Kier molecular flexibility index (Phi) is 5.47. The summed E-state index contributed by atoms with van der Waals surface area (Å²) in [5.74, 6) is 0.867. The average Bonchev–Trinajstić information content (AvgIpc) is 2.80. The molecule has 1 amide bonds. The Bertz CT molecular complexity index is 659. The number of nitrogens with one attached hydrogen (secondary N) is 1. The molecular weight excluding hydrogens is 276 g/mol. The van der Waals surface area contributed by atoms with Crippen LogP contribution in [0.1, 0.15) is 49.7 Å². The third-order valence-electron chi connectivity index (χ3n) is 3.95. The van der Waals surface area contributed by atoms with Crippen LogP contribution < -0.4 is 10.1 Å². The molecule has 0 spiro atoms. The number of carbonyl (C=O) groups excluding carboxylic acids is 1. The topological polar surface area (TPSA) is 43.3 Å². The first-order valence-corrected chi connectivity index (χ1v) is 8.17. The molecule has 0 bridgehead atoms. The lowest BCUT2D eigenvalue weighted by Crippen LogP contribution is -2.27. The SMILES string of the molecule is CCCCNC(=O)c1c(C)c2cc(OCC)ccc2n1CC. The Balaban J connectivity index is 2.44. The molecular formula is C18H26N2O2. The van der Waals surface area contributed by atoms with Crippen molar-refractivity contribution in [2.24, 2.45) is 0 Å². The molecule has 1 aromatic carbocycles. The van der Waals surface area contributed by atoms with Crippen molar-refractivity contribution < 1.29 is 9.53 Å². The van der Waals surface area contributed by atoms with Gasteiger partial charge in [-0.05, 0) is 51.0 Å². The molecule has 0 saturated carbocycles. The fraction of sp³-hybridized carbons (Fsp3) is 0.500. The van der Waals surface area contributed by atoms with E-state index >= 15 is 0 Å². The van der Waals surface area contributed by atoms with Crippen molar-refractivity contribution in [3.63, 3.8) is 0 Å². The lowest BCUT2D eigenvalue weighted by atomic mass is 10.1. The number of hydrogen-bond donors (Lipinski definition) is 1. The standard InChI is InChI=1S/C18H26N2O2/c1-5-8-11-19-18(21)17-13(4)15-12-14(22-7-3)9-10-16(15)20(17)6-2/h9-10,12H,5-8,11H2,1-4H3,(H,19,21). The number of aromatic nitrogens is 1. The second-order valence-corrected chi connectivity index (χ2v) is 5.44. The van der Waals surface area contributed by atoms with Crippen LogP contribution in [0.2, 0.25) is 0 Å². The Morgan fingerprint density at radius 1 is 1.27 bits per heavy atom. The van der Waals surface area contributed by atoms with Crippen LogP contribution in [0.15, 0.2) is 18.2 Å². The second kappa shape index (κ2) is 7.34. The molecule has 0 unspecified atom stereocenters. The molecule has 4 heteroatoms. The van der Waals surface area contributed by atoms with E-state index < -0.39 is 0 Å². The zero-order valence-corrected chi connectivity index (χ0v) is 14.0. The largest absolute Gasteiger partial charge is 0.494 e. The number of ether oxygens (including phenoxy) is 1. The smallest absolute Gasteiger partial charge is 0.268 e. The quantitative estimate of drug-likeness (QED) is 0.788. The first-order chi connectivity index (χ1) is 10.6. The van der Waals surface area contributed by atoms with Crippen molar-refractivity contribution in [2.75, 3.05) is 13.2 Å². The van der Waals surface area contributed by atoms with Crippen molar-refractivity contribution in [1.29, 1.82) is 0 Å². The van der Waals surface area contributed by atoms with Gasteiger partial charge >= 0.3 is 0 Å². The summed E-state index contributed by atoms with van der Waals surface area (Å²) in [6, 6.07) is 6.04. The van der Waals surface area contributed by atoms with Crippen LogP contribution in [0.4, 0.5) is 0 Å². The van der Waals surface area contributed by atoms with Crippen LogP contribution in [0.3, 0.4) is 0 Å². The molecule has 120 valence electrons. The zero-order chi connectivity index (χ0) is 16.1. The highest BCUT2D eigenvalue weighted by molar-refractivity contribution is 6.02. The van der Waals surface area contributed by atoms with Gasteiger partial charge in [0.1, 0.15) is 11.4 Å². The van der Waals surface area contributed by atoms with Gasteiger partial charge in [0.15, 0.2) is 0 Å². The minimum Gasteiger partial charge on any atom is -0.494 e. The van der Waals surface area contributed by atoms with E-state index in [0.717, 1.165) is 53.8 Å². The van der Waals surface area contributed by atoms with Crippen LogP contribution in [0.25, 0.3) is 10.9 Å². The summed E-state index contributed by atoms with van der Waals surface area (Å²) in [5, 5.41) is 4.12. The Hall–Kier alpha value is -1.97. The summed E-state index contributed by atoms with van der Waals surface area (Å²) in [6.45, 7) is 10.3. The molecule has 1 aromatic heterocycles. The molecule has 1 heterocycles. The van der Waals surface area contributed by atoms with Gasteiger partial charge in [-0.3, -0.25) is 4.79 Å². The number of aryl methyl sites for hydroxylation is 2. The van der Waals surface area contributed by atoms with Crippen molar-refractivity contribution in [3.05, 3.63) is 29.5 Å². The van der Waals surface area contributed by atoms with E-state index in [1.165, 1.54) is 0 Å². The summed E-state index contributed by atoms with van der Waals surface area (Å²) < 4.78 is 7.67. The van der Waals surface area contributed by atoms with Gasteiger partial charge in [-0.15, -0.1) is 0 Å². The van der Waals surface area contributed by atoms with Crippen molar-refractivity contribution in [2.45, 2.75) is 47.1 Å². The predicted octanol–water partition coefficient (Wildman–Crippen LogP) is 3.90. The Morgan fingerprint density at radius 2 is 2.05 bits per heavy atom. The average molecular weight is 302 g/mol. The molecule has 0 fully saturated rings. The summed E-state index contributed by atoms with van der Waals surface area (Å²) >= 11 is 0. The van der Waals surface area contributed by atoms with Crippen LogP contribution in [-0.2, 0) is 6.54 Å². The van der Waals surface area contributed by atoms with Gasteiger partial charge in [0.05, 0.1) is 6.61 Å². The van der Waals surface area contributed by atoms with E-state index in [-0.39, 0.29) is 5.91 Å². The van der Waals surface area contributed by atoms with E-state index in [0.29, 0.717) is 6.61 Å². The third kappa shape index (κ3) is 3.11. The minimum atomic E-state index is 0.0157. The number of unbranched alkanes of at least 4 members (excludes halogenated alkanes) is 1. The first kappa shape index (κ1) is 16.4. The van der Waals surface area contributed by atoms with Crippen LogP contribution in [0, 0.1) is 6.92 Å². The number of benzene rings is 1. The molecule has 0 radical (unpaired) electrons. The fourth-order valence-corrected chi connectivity index (χ4v) is 2.84. The van der Waals surface area contributed by atoms with Crippen LogP contribution >= 0.6 is 0 Å². The monoisotopic (exact) mass is 302 g/mol. The van der Waals surface area contributed by atoms with Crippen molar-refractivity contribution in [3.8, 4) is 5.75 Å². The highest BCUT2D eigenvalue weighted by atomic mass is 16.5. The van der Waals surface area contributed by atoms with Gasteiger partial charge in [-0.25, -0.2) is 0 Å². The maximum atomic E-state index is 12.5. The number of nitrogens with zero attached hydrogens (tertiary/aromatic N) is 1. The fourth-order valence-electron chi connectivity index (χ4n) is 2.84. The molecule has 1 N–H and O–H groups in total. The number of carbonyl (C=O) groups is 1. The predicted molar refractivity (Wildman–Crippen MR) is 90.8 cm³/mol. The number of hydrogen-bond acceptors (Lipinski definition) is 2. The molecule has 0 aliphatic rings. The molecule has 4 nitrogen and oxygen atoms in total. The summed E-state index contributed by atoms with van der Waals surface area (Å²) in [4.78, 5) is 12.5. The van der Waals surface area contributed by atoms with Crippen molar-refractivity contribution >= 4 is 16.8 Å². The maximum Gasteiger partial charge on any atom is 0.268 e. The molecule has 0 atom stereocenters. The van der Waals surface area contributed by atoms with E-state index in [1.54, 1.807) is 0 Å². The van der Waals surface area contributed by atoms with Crippen molar-refractivity contribution in [1.82, 2.24) is 9.88 Å². The molecule has 2 rings (SSSR count). The summed E-state index contributed by atoms with van der Waals surface area (Å²) in [6.07, 6.45) is 2.08. The highest BCUT2D eigenvalue weighted by Gasteiger charge is 2.19. The molecule has 0 aliphatic heterocycles. The number of amides is 1. The number of rotatable bonds is 7. The summed E-state index contributed by atoms with van der Waals surface area (Å²) in [7, 11) is 0. The van der Waals surface area contributed by atoms with Gasteiger partial charge in [0.25, 0.3) is 5.91 Å². The van der Waals surface area contributed by atoms with Gasteiger partial charge in [-0.1, -0.05) is 13.3 Å². The molecule has 0 saturated heterocycles. The molecule has 2 aromatic rings.